The first-order valence-corrected chi connectivity index (χ1v) is 8.89. The molecule has 23 heavy (non-hydrogen) atoms. The summed E-state index contributed by atoms with van der Waals surface area (Å²) in [6.45, 7) is 13.8. The quantitative estimate of drug-likeness (QED) is 0.824. The van der Waals surface area contributed by atoms with Gasteiger partial charge in [-0.1, -0.05) is 27.7 Å². The SMILES string of the molecule is Cc1cc(N2C[C@@H](C)C[C@H](C)C2)nc(NC(=S)NCC(C)C)n1. The highest BCUT2D eigenvalue weighted by Crippen LogP contribution is 2.25. The maximum absolute atomic E-state index is 5.32. The lowest BCUT2D eigenvalue weighted by Crippen LogP contribution is -2.39. The van der Waals surface area contributed by atoms with Gasteiger partial charge in [0.05, 0.1) is 0 Å². The van der Waals surface area contributed by atoms with Gasteiger partial charge in [-0.2, -0.15) is 4.98 Å². The van der Waals surface area contributed by atoms with Gasteiger partial charge in [0.1, 0.15) is 5.82 Å². The van der Waals surface area contributed by atoms with E-state index >= 15 is 0 Å². The molecule has 1 aliphatic rings. The predicted molar refractivity (Wildman–Crippen MR) is 101 cm³/mol. The van der Waals surface area contributed by atoms with Gasteiger partial charge in [-0.25, -0.2) is 4.98 Å². The van der Waals surface area contributed by atoms with Gasteiger partial charge >= 0.3 is 0 Å². The first kappa shape index (κ1) is 17.9. The Labute approximate surface area is 145 Å². The molecule has 2 N–H and O–H groups in total. The van der Waals surface area contributed by atoms with Crippen molar-refractivity contribution >= 4 is 29.1 Å². The average molecular weight is 336 g/mol. The zero-order chi connectivity index (χ0) is 17.0. The van der Waals surface area contributed by atoms with Gasteiger partial charge in [0.25, 0.3) is 0 Å². The van der Waals surface area contributed by atoms with Crippen molar-refractivity contribution in [1.29, 1.82) is 0 Å². The van der Waals surface area contributed by atoms with Crippen molar-refractivity contribution in [3.05, 3.63) is 11.8 Å². The number of piperidine rings is 1. The molecule has 0 amide bonds. The summed E-state index contributed by atoms with van der Waals surface area (Å²) in [7, 11) is 0. The lowest BCUT2D eigenvalue weighted by atomic mass is 9.92. The molecule has 0 saturated carbocycles. The summed E-state index contributed by atoms with van der Waals surface area (Å²) >= 11 is 5.32. The summed E-state index contributed by atoms with van der Waals surface area (Å²) < 4.78 is 0. The number of nitrogens with zero attached hydrogens (tertiary/aromatic N) is 3. The van der Waals surface area contributed by atoms with Crippen molar-refractivity contribution in [1.82, 2.24) is 15.3 Å². The molecule has 1 aromatic rings. The molecule has 0 radical (unpaired) electrons. The van der Waals surface area contributed by atoms with Crippen molar-refractivity contribution in [3.63, 3.8) is 0 Å². The number of hydrogen-bond acceptors (Lipinski definition) is 4. The number of thiocarbonyl (C=S) groups is 1. The molecular weight excluding hydrogens is 306 g/mol. The van der Waals surface area contributed by atoms with E-state index in [2.05, 4.69) is 59.3 Å². The molecule has 0 aliphatic carbocycles. The van der Waals surface area contributed by atoms with Crippen LogP contribution >= 0.6 is 12.2 Å². The van der Waals surface area contributed by atoms with E-state index in [9.17, 15) is 0 Å². The Kier molecular flexibility index (Phi) is 6.16. The summed E-state index contributed by atoms with van der Waals surface area (Å²) in [6.07, 6.45) is 1.29. The fraction of sp³-hybridized carbons (Fsp3) is 0.706. The van der Waals surface area contributed by atoms with Crippen LogP contribution in [-0.2, 0) is 0 Å². The summed E-state index contributed by atoms with van der Waals surface area (Å²) in [5.41, 5.74) is 0.954. The molecule has 0 unspecified atom stereocenters. The fourth-order valence-corrected chi connectivity index (χ4v) is 3.24. The Morgan fingerprint density at radius 1 is 1.30 bits per heavy atom. The molecule has 2 atom stereocenters. The van der Waals surface area contributed by atoms with E-state index in [1.807, 2.05) is 6.92 Å². The molecule has 2 heterocycles. The number of anilines is 2. The molecule has 1 aromatic heterocycles. The van der Waals surface area contributed by atoms with E-state index in [1.165, 1.54) is 6.42 Å². The van der Waals surface area contributed by atoms with E-state index in [1.54, 1.807) is 0 Å². The summed E-state index contributed by atoms with van der Waals surface area (Å²) in [6, 6.07) is 2.06. The first-order chi connectivity index (χ1) is 10.8. The van der Waals surface area contributed by atoms with Crippen LogP contribution < -0.4 is 15.5 Å². The summed E-state index contributed by atoms with van der Waals surface area (Å²) in [5.74, 6) is 3.50. The molecule has 5 nitrogen and oxygen atoms in total. The molecule has 1 aliphatic heterocycles. The monoisotopic (exact) mass is 335 g/mol. The second kappa shape index (κ2) is 7.90. The smallest absolute Gasteiger partial charge is 0.231 e. The van der Waals surface area contributed by atoms with Crippen molar-refractivity contribution in [2.24, 2.45) is 17.8 Å². The van der Waals surface area contributed by atoms with E-state index < -0.39 is 0 Å². The molecular formula is C17H29N5S. The van der Waals surface area contributed by atoms with Crippen molar-refractivity contribution in [3.8, 4) is 0 Å². The molecule has 2 rings (SSSR count). The second-order valence-corrected chi connectivity index (χ2v) is 7.68. The maximum Gasteiger partial charge on any atom is 0.231 e. The van der Waals surface area contributed by atoms with E-state index in [4.69, 9.17) is 12.2 Å². The highest BCUT2D eigenvalue weighted by molar-refractivity contribution is 7.80. The normalized spacial score (nSPS) is 21.4. The zero-order valence-electron chi connectivity index (χ0n) is 14.9. The van der Waals surface area contributed by atoms with Gasteiger partial charge in [-0.15, -0.1) is 0 Å². The van der Waals surface area contributed by atoms with Crippen LogP contribution in [0.5, 0.6) is 0 Å². The minimum atomic E-state index is 0.542. The Balaban J connectivity index is 2.08. The Bertz CT molecular complexity index is 536. The lowest BCUT2D eigenvalue weighted by molar-refractivity contribution is 0.355. The maximum atomic E-state index is 5.32. The molecule has 1 fully saturated rings. The van der Waals surface area contributed by atoms with Gasteiger partial charge in [0, 0.05) is 31.4 Å². The van der Waals surface area contributed by atoms with Crippen LogP contribution in [0.2, 0.25) is 0 Å². The van der Waals surface area contributed by atoms with Crippen molar-refractivity contribution in [2.75, 3.05) is 29.9 Å². The summed E-state index contributed by atoms with van der Waals surface area (Å²) in [4.78, 5) is 11.5. The van der Waals surface area contributed by atoms with Gasteiger partial charge in [-0.3, -0.25) is 0 Å². The number of hydrogen-bond donors (Lipinski definition) is 2. The lowest BCUT2D eigenvalue weighted by Gasteiger charge is -2.36. The third-order valence-corrected chi connectivity index (χ3v) is 4.18. The van der Waals surface area contributed by atoms with Crippen LogP contribution in [0.15, 0.2) is 6.07 Å². The Morgan fingerprint density at radius 3 is 2.57 bits per heavy atom. The minimum absolute atomic E-state index is 0.542. The highest BCUT2D eigenvalue weighted by atomic mass is 32.1. The van der Waals surface area contributed by atoms with Crippen LogP contribution in [-0.4, -0.2) is 34.7 Å². The van der Waals surface area contributed by atoms with Crippen LogP contribution in [0.1, 0.15) is 39.8 Å². The van der Waals surface area contributed by atoms with Crippen LogP contribution in [0, 0.1) is 24.7 Å². The minimum Gasteiger partial charge on any atom is -0.362 e. The topological polar surface area (TPSA) is 53.1 Å². The number of aryl methyl sites for hydroxylation is 1. The molecule has 0 spiro atoms. The standard InChI is InChI=1S/C17H29N5S/c1-11(2)8-18-17(23)21-16-19-14(5)7-15(20-16)22-9-12(3)6-13(4)10-22/h7,11-13H,6,8-10H2,1-5H3,(H2,18,19,20,21,23)/t12-,13-/m0/s1. The average Bonchev–Trinajstić information content (AvgIpc) is 2.43. The largest absolute Gasteiger partial charge is 0.362 e. The van der Waals surface area contributed by atoms with E-state index in [-0.39, 0.29) is 0 Å². The van der Waals surface area contributed by atoms with Gasteiger partial charge in [0.2, 0.25) is 5.95 Å². The molecule has 0 bridgehead atoms. The molecule has 0 aromatic carbocycles. The molecule has 128 valence electrons. The number of rotatable bonds is 4. The van der Waals surface area contributed by atoms with E-state index in [0.29, 0.717) is 28.8 Å². The number of nitrogens with one attached hydrogen (secondary N) is 2. The number of aromatic nitrogens is 2. The van der Waals surface area contributed by atoms with E-state index in [0.717, 1.165) is 31.1 Å². The first-order valence-electron chi connectivity index (χ1n) is 8.49. The predicted octanol–water partition coefficient (Wildman–Crippen LogP) is 3.21. The zero-order valence-corrected chi connectivity index (χ0v) is 15.7. The third kappa shape index (κ3) is 5.61. The Hall–Kier alpha value is -1.43. The van der Waals surface area contributed by atoms with Crippen molar-refractivity contribution < 1.29 is 0 Å². The van der Waals surface area contributed by atoms with Crippen molar-refractivity contribution in [2.45, 2.75) is 41.0 Å². The highest BCUT2D eigenvalue weighted by Gasteiger charge is 2.23. The van der Waals surface area contributed by atoms with Crippen LogP contribution in [0.3, 0.4) is 0 Å². The van der Waals surface area contributed by atoms with Gasteiger partial charge < -0.3 is 15.5 Å². The van der Waals surface area contributed by atoms with Crippen LogP contribution in [0.25, 0.3) is 0 Å². The molecule has 6 heteroatoms. The summed E-state index contributed by atoms with van der Waals surface area (Å²) in [5, 5.41) is 6.88. The third-order valence-electron chi connectivity index (χ3n) is 3.93. The Morgan fingerprint density at radius 2 is 1.96 bits per heavy atom. The van der Waals surface area contributed by atoms with Crippen LogP contribution in [0.4, 0.5) is 11.8 Å². The van der Waals surface area contributed by atoms with Gasteiger partial charge in [-0.05, 0) is 43.3 Å². The molecule has 1 saturated heterocycles. The van der Waals surface area contributed by atoms with Gasteiger partial charge in [0.15, 0.2) is 5.11 Å². The fourth-order valence-electron chi connectivity index (χ4n) is 3.06. The second-order valence-electron chi connectivity index (χ2n) is 7.27.